The number of hydrogen-bond acceptors (Lipinski definition) is 10. The zero-order valence-corrected chi connectivity index (χ0v) is 39.4. The van der Waals surface area contributed by atoms with Gasteiger partial charge in [-0.2, -0.15) is 33.7 Å². The first-order valence-electron chi connectivity index (χ1n) is 18.7. The number of H-pyrrole nitrogens is 2. The van der Waals surface area contributed by atoms with Crippen LogP contribution in [0, 0.1) is 0 Å². The molecule has 65 heavy (non-hydrogen) atoms. The predicted octanol–water partition coefficient (Wildman–Crippen LogP) is 8.31. The van der Waals surface area contributed by atoms with Gasteiger partial charge in [-0.25, -0.2) is 9.97 Å². The van der Waals surface area contributed by atoms with Crippen LogP contribution in [0.3, 0.4) is 0 Å². The minimum atomic E-state index is -4.55. The van der Waals surface area contributed by atoms with Crippen LogP contribution in [0.2, 0.25) is 0 Å². The molecule has 5 heterocycles. The Morgan fingerprint density at radius 2 is 0.492 bits per heavy atom. The van der Waals surface area contributed by atoms with Crippen LogP contribution in [0.25, 0.3) is 90.9 Å². The second-order valence-electron chi connectivity index (χ2n) is 14.5. The zero-order valence-electron chi connectivity index (χ0n) is 33.1. The molecule has 2 aliphatic rings. The van der Waals surface area contributed by atoms with Gasteiger partial charge in [-0.3, -0.25) is 18.2 Å². The van der Waals surface area contributed by atoms with Gasteiger partial charge >= 0.3 is 19.5 Å². The molecule has 0 aliphatic carbocycles. The van der Waals surface area contributed by atoms with Crippen LogP contribution >= 0.6 is 0 Å². The molecule has 6 N–H and O–H groups in total. The van der Waals surface area contributed by atoms with E-state index in [2.05, 4.69) is 9.97 Å². The topological polar surface area (TPSA) is 275 Å². The Morgan fingerprint density at radius 1 is 0.308 bits per heavy atom. The van der Waals surface area contributed by atoms with Crippen molar-refractivity contribution >= 4 is 86.8 Å². The van der Waals surface area contributed by atoms with E-state index >= 15 is 0 Å². The number of aromatic nitrogens is 4. The van der Waals surface area contributed by atoms with Crippen molar-refractivity contribution in [2.24, 2.45) is 0 Å². The smallest absolute Gasteiger partial charge is 0.354 e. The predicted molar refractivity (Wildman–Crippen MR) is 240 cm³/mol. The fraction of sp³-hybridized carbons (Fsp3) is 0. The Balaban J connectivity index is 0.00000576. The summed E-state index contributed by atoms with van der Waals surface area (Å²) in [6.07, 6.45) is 6.92. The molecule has 16 nitrogen and oxygen atoms in total. The Labute approximate surface area is 383 Å². The Bertz CT molecular complexity index is 3300. The molecule has 0 amide bonds. The number of fused-ring (bicyclic) bond motifs is 8. The van der Waals surface area contributed by atoms with Crippen molar-refractivity contribution in [3.05, 3.63) is 144 Å². The number of benzene rings is 4. The first-order valence-corrected chi connectivity index (χ1v) is 24.5. The van der Waals surface area contributed by atoms with E-state index < -0.39 is 40.5 Å². The quantitative estimate of drug-likeness (QED) is 0.0617. The van der Waals surface area contributed by atoms with Crippen molar-refractivity contribution in [1.29, 1.82) is 0 Å². The molecule has 21 heteroatoms. The van der Waals surface area contributed by atoms with Crippen molar-refractivity contribution in [2.75, 3.05) is 0 Å². The molecule has 7 aromatic rings. The molecule has 0 saturated carbocycles. The van der Waals surface area contributed by atoms with E-state index in [1.807, 2.05) is 0 Å². The van der Waals surface area contributed by atoms with Crippen molar-refractivity contribution in [1.82, 2.24) is 19.9 Å². The van der Waals surface area contributed by atoms with Crippen molar-refractivity contribution < 1.29 is 71.4 Å². The summed E-state index contributed by atoms with van der Waals surface area (Å²) >= 11 is 0. The van der Waals surface area contributed by atoms with Gasteiger partial charge in [-0.15, -0.1) is 0 Å². The average molecular weight is 1000 g/mol. The number of aromatic amines is 2. The van der Waals surface area contributed by atoms with Crippen LogP contribution in [-0.4, -0.2) is 71.8 Å². The summed E-state index contributed by atoms with van der Waals surface area (Å²) in [7, 11) is -18.2. The SMILES string of the molecule is O=S(=O)(O)c1ccc(-c2c3nc(c(-c4ccc(S(=O)(=O)O)cc4)c4ccc([nH]4)c(-c4ccc(S(=O)(=O)O)cc4)c4nc(c(-c5ccc(S(=O)(=O)O)cc5)c5ccc2[nH]5)C=C4)C=C3)cc1.[Zn+2]. The molecule has 4 aromatic carbocycles. The molecule has 9 rings (SSSR count). The van der Waals surface area contributed by atoms with E-state index in [9.17, 15) is 51.9 Å². The van der Waals surface area contributed by atoms with Crippen molar-refractivity contribution in [3.8, 4) is 44.5 Å². The molecule has 0 atom stereocenters. The van der Waals surface area contributed by atoms with Crippen LogP contribution < -0.4 is 0 Å². The van der Waals surface area contributed by atoms with Gasteiger partial charge < -0.3 is 9.97 Å². The Hall–Kier alpha value is -6.26. The average Bonchev–Trinajstić information content (AvgIpc) is 4.08. The third-order valence-corrected chi connectivity index (χ3v) is 14.0. The van der Waals surface area contributed by atoms with Gasteiger partial charge in [0, 0.05) is 44.3 Å². The van der Waals surface area contributed by atoms with Crippen LogP contribution in [0.4, 0.5) is 0 Å². The second-order valence-corrected chi connectivity index (χ2v) is 20.2. The molecule has 322 valence electrons. The van der Waals surface area contributed by atoms with E-state index in [0.29, 0.717) is 89.4 Å². The minimum Gasteiger partial charge on any atom is -0.354 e. The molecule has 8 bridgehead atoms. The van der Waals surface area contributed by atoms with E-state index in [1.165, 1.54) is 97.1 Å². The maximum Gasteiger partial charge on any atom is 2.00 e. The summed E-state index contributed by atoms with van der Waals surface area (Å²) in [5.41, 5.74) is 7.41. The Morgan fingerprint density at radius 3 is 0.662 bits per heavy atom. The van der Waals surface area contributed by atoms with Crippen LogP contribution in [0.1, 0.15) is 22.8 Å². The largest absolute Gasteiger partial charge is 2.00 e. The fourth-order valence-corrected chi connectivity index (χ4v) is 9.51. The molecule has 2 aliphatic heterocycles. The third-order valence-electron chi connectivity index (χ3n) is 10.5. The third kappa shape index (κ3) is 8.93. The van der Waals surface area contributed by atoms with Gasteiger partial charge in [0.1, 0.15) is 0 Å². The monoisotopic (exact) mass is 998 g/mol. The summed E-state index contributed by atoms with van der Waals surface area (Å²) in [5, 5.41) is 0. The van der Waals surface area contributed by atoms with Crippen molar-refractivity contribution in [2.45, 2.75) is 19.6 Å². The number of rotatable bonds is 8. The van der Waals surface area contributed by atoms with E-state index in [4.69, 9.17) is 9.97 Å². The molecule has 0 radical (unpaired) electrons. The standard InChI is InChI=1S/C44H30N4O12S4.Zn/c49-61(50,51)29-9-1-25(2-10-29)41-33-17-19-35(45-33)42(26-3-11-30(12-4-26)62(52,53)54)37-21-23-39(47-37)44(28-7-15-32(16-8-28)64(58,59)60)40-24-22-38(48-40)43(36-20-18-34(41)46-36)27-5-13-31(14-6-27)63(55,56)57;/h1-24,45,48H,(H,49,50,51)(H,52,53,54)(H,55,56,57)(H,58,59,60);/q;+2. The van der Waals surface area contributed by atoms with Gasteiger partial charge in [0.15, 0.2) is 0 Å². The van der Waals surface area contributed by atoms with E-state index in [-0.39, 0.29) is 39.1 Å². The summed E-state index contributed by atoms with van der Waals surface area (Å²) < 4.78 is 135. The normalized spacial score (nSPS) is 12.9. The number of nitrogens with one attached hydrogen (secondary N) is 2. The van der Waals surface area contributed by atoms with Crippen LogP contribution in [0.15, 0.2) is 141 Å². The zero-order chi connectivity index (χ0) is 45.3. The summed E-state index contributed by atoms with van der Waals surface area (Å²) in [6.45, 7) is 0. The van der Waals surface area contributed by atoms with Gasteiger partial charge in [0.25, 0.3) is 40.5 Å². The molecule has 0 saturated heterocycles. The fourth-order valence-electron chi connectivity index (χ4n) is 7.59. The Kier molecular flexibility index (Phi) is 11.6. The number of hydrogen-bond donors (Lipinski definition) is 6. The maximum atomic E-state index is 12.0. The summed E-state index contributed by atoms with van der Waals surface area (Å²) in [4.78, 5) is 15.6. The van der Waals surface area contributed by atoms with Gasteiger partial charge in [-0.1, -0.05) is 48.5 Å². The molecule has 0 fully saturated rings. The first-order chi connectivity index (χ1) is 30.2. The first kappa shape index (κ1) is 45.3. The summed E-state index contributed by atoms with van der Waals surface area (Å²) in [6, 6.07) is 29.0. The maximum absolute atomic E-state index is 12.0. The minimum absolute atomic E-state index is 0. The number of nitrogens with zero attached hydrogens (tertiary/aromatic N) is 2. The van der Waals surface area contributed by atoms with E-state index in [0.717, 1.165) is 0 Å². The molecular formula is C44H30N4O12S4Zn+2. The van der Waals surface area contributed by atoms with E-state index in [1.54, 1.807) is 48.6 Å². The second kappa shape index (κ2) is 16.6. The van der Waals surface area contributed by atoms with Crippen LogP contribution in [-0.2, 0) is 60.0 Å². The van der Waals surface area contributed by atoms with Gasteiger partial charge in [0.05, 0.1) is 42.4 Å². The summed E-state index contributed by atoms with van der Waals surface area (Å²) in [5.74, 6) is 0. The molecule has 3 aromatic heterocycles. The van der Waals surface area contributed by atoms with Gasteiger partial charge in [0.2, 0.25) is 0 Å². The molecule has 0 unspecified atom stereocenters. The molecule has 0 spiro atoms. The van der Waals surface area contributed by atoms with Crippen molar-refractivity contribution in [3.63, 3.8) is 0 Å². The van der Waals surface area contributed by atoms with Gasteiger partial charge in [-0.05, 0) is 119 Å². The molecular weight excluding hydrogens is 970 g/mol. The van der Waals surface area contributed by atoms with Crippen LogP contribution in [0.5, 0.6) is 0 Å².